The summed E-state index contributed by atoms with van der Waals surface area (Å²) in [6, 6.07) is 0. The molecule has 0 bridgehead atoms. The molecule has 0 aliphatic rings. The van der Waals surface area contributed by atoms with Gasteiger partial charge in [0.25, 0.3) is 0 Å². The molecule has 18 heavy (non-hydrogen) atoms. The van der Waals surface area contributed by atoms with Gasteiger partial charge in [-0.15, -0.1) is 0 Å². The van der Waals surface area contributed by atoms with Crippen molar-refractivity contribution in [1.29, 1.82) is 0 Å². The van der Waals surface area contributed by atoms with Gasteiger partial charge in [0.2, 0.25) is 0 Å². The molecule has 0 unspecified atom stereocenters. The molecule has 0 aromatic carbocycles. The number of carbonyl (C=O) groups is 1. The fraction of sp³-hybridized carbons (Fsp3) is 0.786. The summed E-state index contributed by atoms with van der Waals surface area (Å²) in [6.45, 7) is 10.2. The molecule has 0 radical (unpaired) electrons. The van der Waals surface area contributed by atoms with Crippen LogP contribution in [0.5, 0.6) is 0 Å². The van der Waals surface area contributed by atoms with Crippen LogP contribution in [0.3, 0.4) is 0 Å². The molecule has 0 saturated heterocycles. The monoisotopic (exact) mass is 256 g/mol. The van der Waals surface area contributed by atoms with Gasteiger partial charge in [0.05, 0.1) is 0 Å². The Kier molecular flexibility index (Phi) is 9.38. The van der Waals surface area contributed by atoms with Crippen LogP contribution in [0.2, 0.25) is 0 Å². The molecule has 0 aromatic rings. The third-order valence-corrected chi connectivity index (χ3v) is 2.15. The second-order valence-corrected chi connectivity index (χ2v) is 5.27. The first-order valence-corrected chi connectivity index (χ1v) is 6.78. The number of hydrogen-bond donors (Lipinski definition) is 2. The quantitative estimate of drug-likeness (QED) is 0.518. The van der Waals surface area contributed by atoms with Crippen LogP contribution in [0.4, 0.5) is 4.79 Å². The zero-order valence-electron chi connectivity index (χ0n) is 12.2. The highest BCUT2D eigenvalue weighted by Gasteiger charge is 2.14. The molecule has 0 saturated carbocycles. The molecule has 0 aliphatic carbocycles. The molecule has 4 heteroatoms. The summed E-state index contributed by atoms with van der Waals surface area (Å²) in [6.07, 6.45) is 7.32. The molecule has 0 rings (SSSR count). The first kappa shape index (κ1) is 17.0. The smallest absolute Gasteiger partial charge is 0.407 e. The highest BCUT2D eigenvalue weighted by atomic mass is 16.6. The van der Waals surface area contributed by atoms with Gasteiger partial charge < -0.3 is 15.4 Å². The molecular formula is C14H28N2O2. The minimum Gasteiger partial charge on any atom is -0.444 e. The number of unbranched alkanes of at least 4 members (excludes halogenated alkanes) is 2. The van der Waals surface area contributed by atoms with Crippen LogP contribution in [-0.4, -0.2) is 31.3 Å². The fourth-order valence-electron chi connectivity index (χ4n) is 1.31. The van der Waals surface area contributed by atoms with Gasteiger partial charge in [0.15, 0.2) is 0 Å². The van der Waals surface area contributed by atoms with Crippen molar-refractivity contribution in [2.45, 2.75) is 52.6 Å². The van der Waals surface area contributed by atoms with Crippen LogP contribution in [0.25, 0.3) is 0 Å². The topological polar surface area (TPSA) is 50.4 Å². The number of ether oxygens (including phenoxy) is 1. The molecule has 0 spiro atoms. The Balaban J connectivity index is 3.40. The number of carbonyl (C=O) groups excluding carboxylic acids is 1. The van der Waals surface area contributed by atoms with Crippen LogP contribution in [0, 0.1) is 0 Å². The van der Waals surface area contributed by atoms with Crippen molar-refractivity contribution in [1.82, 2.24) is 10.6 Å². The lowest BCUT2D eigenvalue weighted by molar-refractivity contribution is 0.0534. The van der Waals surface area contributed by atoms with Gasteiger partial charge in [-0.1, -0.05) is 31.9 Å². The van der Waals surface area contributed by atoms with E-state index in [2.05, 4.69) is 17.6 Å². The van der Waals surface area contributed by atoms with Crippen molar-refractivity contribution in [2.75, 3.05) is 19.6 Å². The van der Waals surface area contributed by atoms with Crippen LogP contribution in [0.1, 0.15) is 47.0 Å². The lowest BCUT2D eigenvalue weighted by Crippen LogP contribution is -2.32. The van der Waals surface area contributed by atoms with Gasteiger partial charge in [0, 0.05) is 13.1 Å². The predicted octanol–water partition coefficient (Wildman–Crippen LogP) is 2.85. The van der Waals surface area contributed by atoms with E-state index < -0.39 is 5.60 Å². The van der Waals surface area contributed by atoms with Gasteiger partial charge in [-0.2, -0.15) is 0 Å². The number of hydrogen-bond acceptors (Lipinski definition) is 3. The van der Waals surface area contributed by atoms with E-state index in [0.29, 0.717) is 6.54 Å². The molecule has 0 aliphatic heterocycles. The molecule has 1 amide bonds. The first-order valence-electron chi connectivity index (χ1n) is 6.78. The van der Waals surface area contributed by atoms with Gasteiger partial charge in [-0.05, 0) is 33.7 Å². The Bertz CT molecular complexity index is 245. The van der Waals surface area contributed by atoms with Crippen molar-refractivity contribution in [3.05, 3.63) is 12.2 Å². The summed E-state index contributed by atoms with van der Waals surface area (Å²) in [7, 11) is 0. The minimum atomic E-state index is -0.436. The van der Waals surface area contributed by atoms with Crippen molar-refractivity contribution >= 4 is 6.09 Å². The predicted molar refractivity (Wildman–Crippen MR) is 75.8 cm³/mol. The lowest BCUT2D eigenvalue weighted by Gasteiger charge is -2.19. The summed E-state index contributed by atoms with van der Waals surface area (Å²) < 4.78 is 5.11. The zero-order chi connectivity index (χ0) is 13.9. The van der Waals surface area contributed by atoms with Gasteiger partial charge in [0.1, 0.15) is 5.60 Å². The van der Waals surface area contributed by atoms with E-state index >= 15 is 0 Å². The summed E-state index contributed by atoms with van der Waals surface area (Å²) >= 11 is 0. The van der Waals surface area contributed by atoms with E-state index in [0.717, 1.165) is 13.1 Å². The number of rotatable bonds is 8. The standard InChI is InChI=1S/C14H28N2O2/c1-5-6-7-10-15-11-8-9-12-16-13(17)18-14(2,3)4/h8-9,15H,5-7,10-12H2,1-4H3,(H,16,17)/b9-8+. The first-order chi connectivity index (χ1) is 8.45. The minimum absolute atomic E-state index is 0.372. The highest BCUT2D eigenvalue weighted by molar-refractivity contribution is 5.67. The Morgan fingerprint density at radius 2 is 1.83 bits per heavy atom. The van der Waals surface area contributed by atoms with Gasteiger partial charge >= 0.3 is 6.09 Å². The van der Waals surface area contributed by atoms with Gasteiger partial charge in [-0.25, -0.2) is 4.79 Å². The van der Waals surface area contributed by atoms with Crippen molar-refractivity contribution in [2.24, 2.45) is 0 Å². The summed E-state index contributed by atoms with van der Waals surface area (Å²) in [5, 5.41) is 5.99. The van der Waals surface area contributed by atoms with E-state index in [1.54, 1.807) is 0 Å². The molecule has 2 N–H and O–H groups in total. The van der Waals surface area contributed by atoms with Crippen LogP contribution in [0.15, 0.2) is 12.2 Å². The van der Waals surface area contributed by atoms with E-state index in [1.165, 1.54) is 19.3 Å². The second kappa shape index (κ2) is 9.95. The van der Waals surface area contributed by atoms with Crippen LogP contribution in [-0.2, 0) is 4.74 Å². The molecule has 0 heterocycles. The van der Waals surface area contributed by atoms with E-state index in [-0.39, 0.29) is 6.09 Å². The highest BCUT2D eigenvalue weighted by Crippen LogP contribution is 2.05. The van der Waals surface area contributed by atoms with Crippen molar-refractivity contribution in [3.8, 4) is 0 Å². The number of alkyl carbamates (subject to hydrolysis) is 1. The zero-order valence-corrected chi connectivity index (χ0v) is 12.2. The van der Waals surface area contributed by atoms with E-state index in [1.807, 2.05) is 32.9 Å². The average molecular weight is 256 g/mol. The SMILES string of the molecule is CCCCCNC/C=C/CNC(=O)OC(C)(C)C. The summed E-state index contributed by atoms with van der Waals surface area (Å²) in [5.74, 6) is 0. The molecule has 4 nitrogen and oxygen atoms in total. The summed E-state index contributed by atoms with van der Waals surface area (Å²) in [5.41, 5.74) is -0.436. The van der Waals surface area contributed by atoms with Crippen molar-refractivity contribution < 1.29 is 9.53 Å². The third-order valence-electron chi connectivity index (χ3n) is 2.15. The fourth-order valence-corrected chi connectivity index (χ4v) is 1.31. The Hall–Kier alpha value is -1.03. The van der Waals surface area contributed by atoms with Crippen LogP contribution < -0.4 is 10.6 Å². The molecule has 106 valence electrons. The lowest BCUT2D eigenvalue weighted by atomic mass is 10.2. The molecule has 0 fully saturated rings. The van der Waals surface area contributed by atoms with E-state index in [9.17, 15) is 4.79 Å². The Morgan fingerprint density at radius 3 is 2.44 bits per heavy atom. The maximum absolute atomic E-state index is 11.3. The molecule has 0 aromatic heterocycles. The average Bonchev–Trinajstić information content (AvgIpc) is 2.24. The maximum atomic E-state index is 11.3. The van der Waals surface area contributed by atoms with Gasteiger partial charge in [-0.3, -0.25) is 0 Å². The molecular weight excluding hydrogens is 228 g/mol. The number of nitrogens with one attached hydrogen (secondary N) is 2. The second-order valence-electron chi connectivity index (χ2n) is 5.27. The normalized spacial score (nSPS) is 11.8. The van der Waals surface area contributed by atoms with Crippen LogP contribution >= 0.6 is 0 Å². The van der Waals surface area contributed by atoms with E-state index in [4.69, 9.17) is 4.74 Å². The Morgan fingerprint density at radius 1 is 1.17 bits per heavy atom. The largest absolute Gasteiger partial charge is 0.444 e. The molecule has 0 atom stereocenters. The third kappa shape index (κ3) is 13.0. The number of amides is 1. The summed E-state index contributed by atoms with van der Waals surface area (Å²) in [4.78, 5) is 11.3. The maximum Gasteiger partial charge on any atom is 0.407 e. The van der Waals surface area contributed by atoms with Crippen molar-refractivity contribution in [3.63, 3.8) is 0 Å². The Labute approximate surface area is 111 Å².